The molecule has 154 valence electrons. The van der Waals surface area contributed by atoms with Crippen LogP contribution in [0.2, 0.25) is 0 Å². The standard InChI is InChI=1S/C21H24N2O5S/c1-26-14-5-6-18(27-2)16(9-14)17-11-29-21(22-17)23-19(24)10-28-20(25)15-8-12-3-4-13(15)7-12/h5-6,9,11-13,15H,3-4,7-8,10H2,1-2H3,(H,22,23,24). The first-order valence-corrected chi connectivity index (χ1v) is 10.6. The normalized spacial score (nSPS) is 22.3. The summed E-state index contributed by atoms with van der Waals surface area (Å²) in [6.07, 6.45) is 4.36. The van der Waals surface area contributed by atoms with Gasteiger partial charge in [-0.2, -0.15) is 0 Å². The van der Waals surface area contributed by atoms with Crippen molar-refractivity contribution >= 4 is 28.3 Å². The van der Waals surface area contributed by atoms with Crippen LogP contribution in [0.5, 0.6) is 11.5 Å². The number of benzene rings is 1. The number of esters is 1. The minimum Gasteiger partial charge on any atom is -0.497 e. The van der Waals surface area contributed by atoms with Gasteiger partial charge in [-0.05, 0) is 49.3 Å². The maximum Gasteiger partial charge on any atom is 0.309 e. The van der Waals surface area contributed by atoms with E-state index < -0.39 is 0 Å². The number of hydrogen-bond donors (Lipinski definition) is 1. The molecule has 2 aliphatic carbocycles. The van der Waals surface area contributed by atoms with Gasteiger partial charge in [0, 0.05) is 10.9 Å². The van der Waals surface area contributed by atoms with E-state index in [1.807, 2.05) is 17.5 Å². The Hall–Kier alpha value is -2.61. The lowest BCUT2D eigenvalue weighted by atomic mass is 9.89. The van der Waals surface area contributed by atoms with E-state index in [9.17, 15) is 9.59 Å². The van der Waals surface area contributed by atoms with Crippen LogP contribution < -0.4 is 14.8 Å². The molecule has 4 rings (SSSR count). The predicted octanol–water partition coefficient (Wildman–Crippen LogP) is 3.75. The van der Waals surface area contributed by atoms with Crippen LogP contribution in [0.1, 0.15) is 25.7 Å². The van der Waals surface area contributed by atoms with E-state index in [0.29, 0.717) is 34.2 Å². The third-order valence-electron chi connectivity index (χ3n) is 5.82. The van der Waals surface area contributed by atoms with Gasteiger partial charge in [-0.15, -0.1) is 11.3 Å². The number of hydrogen-bond acceptors (Lipinski definition) is 7. The molecule has 8 heteroatoms. The van der Waals surface area contributed by atoms with Gasteiger partial charge >= 0.3 is 5.97 Å². The van der Waals surface area contributed by atoms with Gasteiger partial charge in [-0.25, -0.2) is 4.98 Å². The average Bonchev–Trinajstić information content (AvgIpc) is 3.48. The highest BCUT2D eigenvalue weighted by Gasteiger charge is 2.44. The van der Waals surface area contributed by atoms with Crippen molar-refractivity contribution in [2.75, 3.05) is 26.1 Å². The summed E-state index contributed by atoms with van der Waals surface area (Å²) in [7, 11) is 3.18. The first kappa shape index (κ1) is 19.7. The summed E-state index contributed by atoms with van der Waals surface area (Å²) in [4.78, 5) is 28.9. The zero-order valence-electron chi connectivity index (χ0n) is 16.5. The second kappa shape index (κ2) is 8.41. The van der Waals surface area contributed by atoms with Gasteiger partial charge in [0.05, 0.1) is 25.8 Å². The first-order chi connectivity index (χ1) is 14.1. The highest BCUT2D eigenvalue weighted by molar-refractivity contribution is 7.14. The van der Waals surface area contributed by atoms with E-state index in [0.717, 1.165) is 24.8 Å². The molecule has 2 saturated carbocycles. The summed E-state index contributed by atoms with van der Waals surface area (Å²) in [5.74, 6) is 1.78. The molecule has 1 heterocycles. The predicted molar refractivity (Wildman–Crippen MR) is 109 cm³/mol. The van der Waals surface area contributed by atoms with Crippen LogP contribution in [0.3, 0.4) is 0 Å². The van der Waals surface area contributed by atoms with E-state index in [-0.39, 0.29) is 24.4 Å². The van der Waals surface area contributed by atoms with Gasteiger partial charge in [0.2, 0.25) is 0 Å². The molecule has 0 saturated heterocycles. The van der Waals surface area contributed by atoms with Crippen LogP contribution in [0.4, 0.5) is 5.13 Å². The molecular formula is C21H24N2O5S. The SMILES string of the molecule is COc1ccc(OC)c(-c2csc(NC(=O)COC(=O)C3CC4CCC3C4)n2)c1. The summed E-state index contributed by atoms with van der Waals surface area (Å²) in [6.45, 7) is -0.288. The number of rotatable bonds is 7. The maximum atomic E-state index is 12.3. The minimum atomic E-state index is -0.389. The molecule has 1 aromatic carbocycles. The van der Waals surface area contributed by atoms with Crippen molar-refractivity contribution in [1.29, 1.82) is 0 Å². The Kier molecular flexibility index (Phi) is 5.71. The third-order valence-corrected chi connectivity index (χ3v) is 6.58. The lowest BCUT2D eigenvalue weighted by Gasteiger charge is -2.19. The van der Waals surface area contributed by atoms with E-state index in [1.54, 1.807) is 20.3 Å². The summed E-state index contributed by atoms with van der Waals surface area (Å²) < 4.78 is 15.9. The lowest BCUT2D eigenvalue weighted by molar-refractivity contribution is -0.153. The molecule has 3 unspecified atom stereocenters. The Morgan fingerprint density at radius 3 is 2.76 bits per heavy atom. The number of carbonyl (C=O) groups is 2. The molecule has 1 aromatic heterocycles. The molecule has 1 amide bonds. The van der Waals surface area contributed by atoms with Crippen LogP contribution in [0.25, 0.3) is 11.3 Å². The number of carbonyl (C=O) groups excluding carboxylic acids is 2. The van der Waals surface area contributed by atoms with Crippen molar-refractivity contribution in [3.8, 4) is 22.8 Å². The Morgan fingerprint density at radius 2 is 2.07 bits per heavy atom. The first-order valence-electron chi connectivity index (χ1n) is 9.71. The number of aromatic nitrogens is 1. The molecule has 1 N–H and O–H groups in total. The number of fused-ring (bicyclic) bond motifs is 2. The zero-order valence-corrected chi connectivity index (χ0v) is 17.3. The van der Waals surface area contributed by atoms with Gasteiger partial charge in [-0.1, -0.05) is 6.42 Å². The van der Waals surface area contributed by atoms with Crippen molar-refractivity contribution in [3.05, 3.63) is 23.6 Å². The van der Waals surface area contributed by atoms with E-state index >= 15 is 0 Å². The lowest BCUT2D eigenvalue weighted by Crippen LogP contribution is -2.27. The van der Waals surface area contributed by atoms with Gasteiger partial charge in [0.25, 0.3) is 5.91 Å². The van der Waals surface area contributed by atoms with E-state index in [1.165, 1.54) is 17.8 Å². The summed E-state index contributed by atoms with van der Waals surface area (Å²) in [5.41, 5.74) is 1.44. The topological polar surface area (TPSA) is 86.8 Å². The van der Waals surface area contributed by atoms with Crippen molar-refractivity contribution in [1.82, 2.24) is 4.98 Å². The van der Waals surface area contributed by atoms with Gasteiger partial charge in [-0.3, -0.25) is 14.9 Å². The molecule has 7 nitrogen and oxygen atoms in total. The van der Waals surface area contributed by atoms with E-state index in [4.69, 9.17) is 14.2 Å². The average molecular weight is 416 g/mol. The molecule has 29 heavy (non-hydrogen) atoms. The molecule has 2 aromatic rings. The Labute approximate surface area is 173 Å². The molecule has 2 fully saturated rings. The number of nitrogens with zero attached hydrogens (tertiary/aromatic N) is 1. The quantitative estimate of drug-likeness (QED) is 0.692. The van der Waals surface area contributed by atoms with Crippen molar-refractivity contribution < 1.29 is 23.8 Å². The maximum absolute atomic E-state index is 12.3. The van der Waals surface area contributed by atoms with Crippen LogP contribution in [-0.4, -0.2) is 37.7 Å². The summed E-state index contributed by atoms with van der Waals surface area (Å²) in [6, 6.07) is 5.44. The molecule has 0 radical (unpaired) electrons. The second-order valence-corrected chi connectivity index (χ2v) is 8.40. The van der Waals surface area contributed by atoms with Gasteiger partial charge < -0.3 is 14.2 Å². The fourth-order valence-electron chi connectivity index (χ4n) is 4.40. The number of amides is 1. The number of methoxy groups -OCH3 is 2. The fraction of sp³-hybridized carbons (Fsp3) is 0.476. The number of anilines is 1. The van der Waals surface area contributed by atoms with Crippen LogP contribution >= 0.6 is 11.3 Å². The number of nitrogens with one attached hydrogen (secondary N) is 1. The molecule has 2 bridgehead atoms. The third kappa shape index (κ3) is 4.22. The highest BCUT2D eigenvalue weighted by Crippen LogP contribution is 2.48. The molecule has 0 aliphatic heterocycles. The Bertz CT molecular complexity index is 912. The molecular weight excluding hydrogens is 392 g/mol. The Morgan fingerprint density at radius 1 is 1.21 bits per heavy atom. The van der Waals surface area contributed by atoms with Gasteiger partial charge in [0.15, 0.2) is 11.7 Å². The second-order valence-electron chi connectivity index (χ2n) is 7.54. The van der Waals surface area contributed by atoms with Crippen molar-refractivity contribution in [3.63, 3.8) is 0 Å². The van der Waals surface area contributed by atoms with Crippen molar-refractivity contribution in [2.45, 2.75) is 25.7 Å². The Balaban J connectivity index is 1.34. The zero-order chi connectivity index (χ0) is 20.4. The molecule has 3 atom stereocenters. The largest absolute Gasteiger partial charge is 0.497 e. The van der Waals surface area contributed by atoms with Crippen LogP contribution in [0, 0.1) is 17.8 Å². The van der Waals surface area contributed by atoms with E-state index in [2.05, 4.69) is 10.3 Å². The summed E-state index contributed by atoms with van der Waals surface area (Å²) >= 11 is 1.29. The molecule has 2 aliphatic rings. The van der Waals surface area contributed by atoms with Crippen molar-refractivity contribution in [2.24, 2.45) is 17.8 Å². The van der Waals surface area contributed by atoms with Gasteiger partial charge in [0.1, 0.15) is 11.5 Å². The number of thiazole rings is 1. The number of ether oxygens (including phenoxy) is 3. The monoisotopic (exact) mass is 416 g/mol. The highest BCUT2D eigenvalue weighted by atomic mass is 32.1. The fourth-order valence-corrected chi connectivity index (χ4v) is 5.13. The molecule has 0 spiro atoms. The van der Waals surface area contributed by atoms with Crippen LogP contribution in [-0.2, 0) is 14.3 Å². The van der Waals surface area contributed by atoms with Crippen LogP contribution in [0.15, 0.2) is 23.6 Å². The smallest absolute Gasteiger partial charge is 0.309 e. The minimum absolute atomic E-state index is 0.0338. The summed E-state index contributed by atoms with van der Waals surface area (Å²) in [5, 5.41) is 4.96.